The SMILES string of the molecule is CCCC[C@@H]1CN(C(=O)c2ccc(-n3cnnn3)cc2)C[C@H](C2CC2)O1. The number of aromatic nitrogens is 4. The molecule has 1 aromatic heterocycles. The number of carbonyl (C=O) groups is 1. The number of nitrogens with zero attached hydrogens (tertiary/aromatic N) is 5. The van der Waals surface area contributed by atoms with Gasteiger partial charge in [0.1, 0.15) is 6.33 Å². The van der Waals surface area contributed by atoms with E-state index in [9.17, 15) is 4.79 Å². The lowest BCUT2D eigenvalue weighted by molar-refractivity contribution is -0.0874. The second-order valence-electron chi connectivity index (χ2n) is 7.29. The van der Waals surface area contributed by atoms with Crippen LogP contribution >= 0.6 is 0 Å². The van der Waals surface area contributed by atoms with Gasteiger partial charge in [0, 0.05) is 18.7 Å². The van der Waals surface area contributed by atoms with Gasteiger partial charge in [-0.2, -0.15) is 0 Å². The van der Waals surface area contributed by atoms with Crippen LogP contribution in [0.25, 0.3) is 5.69 Å². The van der Waals surface area contributed by atoms with Crippen molar-refractivity contribution in [2.45, 2.75) is 51.2 Å². The Morgan fingerprint density at radius 1 is 1.23 bits per heavy atom. The summed E-state index contributed by atoms with van der Waals surface area (Å²) in [5, 5.41) is 11.1. The second kappa shape index (κ2) is 7.53. The highest BCUT2D eigenvalue weighted by molar-refractivity contribution is 5.94. The van der Waals surface area contributed by atoms with Crippen molar-refractivity contribution in [3.8, 4) is 5.69 Å². The van der Waals surface area contributed by atoms with Gasteiger partial charge in [0.15, 0.2) is 0 Å². The second-order valence-corrected chi connectivity index (χ2v) is 7.29. The van der Waals surface area contributed by atoms with Gasteiger partial charge >= 0.3 is 0 Å². The van der Waals surface area contributed by atoms with Gasteiger partial charge < -0.3 is 9.64 Å². The summed E-state index contributed by atoms with van der Waals surface area (Å²) in [5.41, 5.74) is 1.54. The lowest BCUT2D eigenvalue weighted by atomic mass is 10.1. The maximum absolute atomic E-state index is 13.0. The average molecular weight is 355 g/mol. The first-order valence-electron chi connectivity index (χ1n) is 9.52. The zero-order valence-corrected chi connectivity index (χ0v) is 15.1. The molecule has 0 bridgehead atoms. The van der Waals surface area contributed by atoms with E-state index in [1.165, 1.54) is 19.2 Å². The van der Waals surface area contributed by atoms with Gasteiger partial charge in [-0.3, -0.25) is 4.79 Å². The molecule has 138 valence electrons. The van der Waals surface area contributed by atoms with Crippen LogP contribution in [0.3, 0.4) is 0 Å². The van der Waals surface area contributed by atoms with Crippen molar-refractivity contribution in [2.24, 2.45) is 5.92 Å². The number of amides is 1. The van der Waals surface area contributed by atoms with Gasteiger partial charge in [-0.25, -0.2) is 4.68 Å². The third-order valence-electron chi connectivity index (χ3n) is 5.23. The number of unbranched alkanes of at least 4 members (excludes halogenated alkanes) is 1. The molecule has 1 aliphatic carbocycles. The highest BCUT2D eigenvalue weighted by atomic mass is 16.5. The summed E-state index contributed by atoms with van der Waals surface area (Å²) in [6.45, 7) is 3.59. The van der Waals surface area contributed by atoms with Gasteiger partial charge in [-0.1, -0.05) is 19.8 Å². The van der Waals surface area contributed by atoms with Crippen LogP contribution in [0, 0.1) is 5.92 Å². The Morgan fingerprint density at radius 3 is 2.69 bits per heavy atom. The van der Waals surface area contributed by atoms with Crippen molar-refractivity contribution in [1.29, 1.82) is 0 Å². The number of rotatable bonds is 6. The molecular formula is C19H25N5O2. The van der Waals surface area contributed by atoms with Crippen LogP contribution in [-0.2, 0) is 4.74 Å². The molecule has 0 radical (unpaired) electrons. The van der Waals surface area contributed by atoms with E-state index in [0.717, 1.165) is 24.9 Å². The predicted molar refractivity (Wildman–Crippen MR) is 96.0 cm³/mol. The fraction of sp³-hybridized carbons (Fsp3) is 0.579. The molecule has 1 aliphatic heterocycles. The van der Waals surface area contributed by atoms with E-state index >= 15 is 0 Å². The van der Waals surface area contributed by atoms with E-state index in [1.54, 1.807) is 4.68 Å². The summed E-state index contributed by atoms with van der Waals surface area (Å²) in [7, 11) is 0. The summed E-state index contributed by atoms with van der Waals surface area (Å²) < 4.78 is 7.85. The Balaban J connectivity index is 1.46. The van der Waals surface area contributed by atoms with Crippen molar-refractivity contribution in [1.82, 2.24) is 25.1 Å². The Kier molecular flexibility index (Phi) is 4.97. The third kappa shape index (κ3) is 3.77. The van der Waals surface area contributed by atoms with Crippen LogP contribution in [0.2, 0.25) is 0 Å². The molecule has 0 N–H and O–H groups in total. The topological polar surface area (TPSA) is 73.1 Å². The number of benzene rings is 1. The van der Waals surface area contributed by atoms with Crippen LogP contribution in [-0.4, -0.2) is 56.3 Å². The van der Waals surface area contributed by atoms with Crippen LogP contribution in [0.4, 0.5) is 0 Å². The molecule has 2 heterocycles. The first kappa shape index (κ1) is 17.1. The molecule has 1 aromatic carbocycles. The zero-order chi connectivity index (χ0) is 17.9. The molecule has 1 amide bonds. The van der Waals surface area contributed by atoms with Crippen molar-refractivity contribution < 1.29 is 9.53 Å². The largest absolute Gasteiger partial charge is 0.371 e. The van der Waals surface area contributed by atoms with Crippen LogP contribution in [0.1, 0.15) is 49.4 Å². The summed E-state index contributed by atoms with van der Waals surface area (Å²) >= 11 is 0. The average Bonchev–Trinajstić information content (AvgIpc) is 3.40. The molecule has 2 atom stereocenters. The molecular weight excluding hydrogens is 330 g/mol. The Hall–Kier alpha value is -2.28. The van der Waals surface area contributed by atoms with E-state index < -0.39 is 0 Å². The molecule has 7 heteroatoms. The molecule has 2 fully saturated rings. The monoisotopic (exact) mass is 355 g/mol. The standard InChI is InChI=1S/C19H25N5O2/c1-2-3-4-17-11-23(12-18(26-17)14-5-6-14)19(25)15-7-9-16(10-8-15)24-13-20-21-22-24/h7-10,13-14,17-18H,2-6,11-12H2,1H3/t17-,18-/m1/s1. The van der Waals surface area contributed by atoms with Gasteiger partial charge in [-0.15, -0.1) is 5.10 Å². The fourth-order valence-electron chi connectivity index (χ4n) is 3.57. The zero-order valence-electron chi connectivity index (χ0n) is 15.1. The highest BCUT2D eigenvalue weighted by Crippen LogP contribution is 2.37. The minimum Gasteiger partial charge on any atom is -0.371 e. The Morgan fingerprint density at radius 2 is 2.04 bits per heavy atom. The van der Waals surface area contributed by atoms with Gasteiger partial charge in [0.25, 0.3) is 5.91 Å². The molecule has 26 heavy (non-hydrogen) atoms. The Bertz CT molecular complexity index is 727. The lowest BCUT2D eigenvalue weighted by Gasteiger charge is -2.38. The first-order chi connectivity index (χ1) is 12.7. The van der Waals surface area contributed by atoms with Crippen molar-refractivity contribution in [3.63, 3.8) is 0 Å². The molecule has 2 aromatic rings. The van der Waals surface area contributed by atoms with Crippen LogP contribution in [0.5, 0.6) is 0 Å². The summed E-state index contributed by atoms with van der Waals surface area (Å²) in [4.78, 5) is 15.0. The van der Waals surface area contributed by atoms with E-state index in [-0.39, 0.29) is 18.1 Å². The number of hydrogen-bond donors (Lipinski definition) is 0. The van der Waals surface area contributed by atoms with Crippen molar-refractivity contribution in [3.05, 3.63) is 36.2 Å². The minimum absolute atomic E-state index is 0.0868. The van der Waals surface area contributed by atoms with Gasteiger partial charge in [0.05, 0.1) is 17.9 Å². The molecule has 7 nitrogen and oxygen atoms in total. The molecule has 1 saturated heterocycles. The van der Waals surface area contributed by atoms with Crippen molar-refractivity contribution >= 4 is 5.91 Å². The predicted octanol–water partition coefficient (Wildman–Crippen LogP) is 2.47. The maximum Gasteiger partial charge on any atom is 0.254 e. The Labute approximate surface area is 153 Å². The lowest BCUT2D eigenvalue weighted by Crippen LogP contribution is -2.50. The maximum atomic E-state index is 13.0. The smallest absolute Gasteiger partial charge is 0.254 e. The molecule has 1 saturated carbocycles. The minimum atomic E-state index is 0.0868. The summed E-state index contributed by atoms with van der Waals surface area (Å²) in [5.74, 6) is 0.723. The number of carbonyl (C=O) groups excluding carboxylic acids is 1. The quantitative estimate of drug-likeness (QED) is 0.796. The van der Waals surface area contributed by atoms with Crippen LogP contribution in [0.15, 0.2) is 30.6 Å². The van der Waals surface area contributed by atoms with E-state index in [4.69, 9.17) is 4.74 Å². The first-order valence-corrected chi connectivity index (χ1v) is 9.52. The third-order valence-corrected chi connectivity index (χ3v) is 5.23. The molecule has 0 unspecified atom stereocenters. The number of tetrazole rings is 1. The molecule has 2 aliphatic rings. The van der Waals surface area contributed by atoms with E-state index in [1.807, 2.05) is 29.2 Å². The van der Waals surface area contributed by atoms with E-state index in [2.05, 4.69) is 22.4 Å². The summed E-state index contributed by atoms with van der Waals surface area (Å²) in [6.07, 6.45) is 7.69. The number of ether oxygens (including phenoxy) is 1. The van der Waals surface area contributed by atoms with E-state index in [0.29, 0.717) is 24.6 Å². The number of hydrogen-bond acceptors (Lipinski definition) is 5. The molecule has 4 rings (SSSR count). The molecule has 0 spiro atoms. The highest BCUT2D eigenvalue weighted by Gasteiger charge is 2.39. The fourth-order valence-corrected chi connectivity index (χ4v) is 3.57. The van der Waals surface area contributed by atoms with Gasteiger partial charge in [-0.05, 0) is 59.9 Å². The summed E-state index contributed by atoms with van der Waals surface area (Å²) in [6, 6.07) is 7.44. The number of morpholine rings is 1. The van der Waals surface area contributed by atoms with Crippen molar-refractivity contribution in [2.75, 3.05) is 13.1 Å². The van der Waals surface area contributed by atoms with Gasteiger partial charge in [0.2, 0.25) is 0 Å². The van der Waals surface area contributed by atoms with Crippen LogP contribution < -0.4 is 0 Å². The normalized spacial score (nSPS) is 23.2.